The zero-order chi connectivity index (χ0) is 12.3. The summed E-state index contributed by atoms with van der Waals surface area (Å²) in [6.07, 6.45) is 6.69. The molecular formula is C14H28N2O. The van der Waals surface area contributed by atoms with Crippen molar-refractivity contribution in [3.8, 4) is 0 Å². The van der Waals surface area contributed by atoms with E-state index in [9.17, 15) is 0 Å². The minimum absolute atomic E-state index is 0.190. The fourth-order valence-corrected chi connectivity index (χ4v) is 3.34. The molecule has 0 radical (unpaired) electrons. The standard InChI is InChI=1S/C14H28N2O/c1-3-13-10-17-8-7-16(13)14(2,11-15)9-12-5-4-6-12/h12-13H,3-11,15H2,1-2H3. The van der Waals surface area contributed by atoms with Gasteiger partial charge in [0.15, 0.2) is 0 Å². The highest BCUT2D eigenvalue weighted by molar-refractivity contribution is 4.95. The fraction of sp³-hybridized carbons (Fsp3) is 1.00. The average Bonchev–Trinajstić information content (AvgIpc) is 2.33. The summed E-state index contributed by atoms with van der Waals surface area (Å²) in [6, 6.07) is 0.567. The van der Waals surface area contributed by atoms with E-state index in [-0.39, 0.29) is 5.54 Å². The van der Waals surface area contributed by atoms with E-state index in [0.29, 0.717) is 6.04 Å². The Labute approximate surface area is 106 Å². The van der Waals surface area contributed by atoms with Crippen LogP contribution in [0.15, 0.2) is 0 Å². The molecule has 1 heterocycles. The van der Waals surface area contributed by atoms with Crippen molar-refractivity contribution in [2.45, 2.75) is 57.5 Å². The van der Waals surface area contributed by atoms with Gasteiger partial charge >= 0.3 is 0 Å². The van der Waals surface area contributed by atoms with E-state index >= 15 is 0 Å². The van der Waals surface area contributed by atoms with Crippen LogP contribution in [0.1, 0.15) is 46.0 Å². The molecule has 100 valence electrons. The van der Waals surface area contributed by atoms with Crippen LogP contribution in [0.2, 0.25) is 0 Å². The van der Waals surface area contributed by atoms with E-state index in [1.807, 2.05) is 0 Å². The minimum atomic E-state index is 0.190. The zero-order valence-corrected chi connectivity index (χ0v) is 11.5. The summed E-state index contributed by atoms with van der Waals surface area (Å²) in [5, 5.41) is 0. The third-order valence-corrected chi connectivity index (χ3v) is 4.79. The van der Waals surface area contributed by atoms with Gasteiger partial charge in [-0.05, 0) is 25.7 Å². The van der Waals surface area contributed by atoms with Crippen LogP contribution in [0.4, 0.5) is 0 Å². The lowest BCUT2D eigenvalue weighted by atomic mass is 9.75. The maximum absolute atomic E-state index is 6.10. The first kappa shape index (κ1) is 13.3. The van der Waals surface area contributed by atoms with E-state index in [4.69, 9.17) is 10.5 Å². The third kappa shape index (κ3) is 2.83. The predicted molar refractivity (Wildman–Crippen MR) is 71.0 cm³/mol. The molecule has 0 aromatic rings. The predicted octanol–water partition coefficient (Wildman–Crippen LogP) is 2.00. The van der Waals surface area contributed by atoms with E-state index in [1.165, 1.54) is 32.1 Å². The highest BCUT2D eigenvalue weighted by Crippen LogP contribution is 2.37. The monoisotopic (exact) mass is 240 g/mol. The van der Waals surface area contributed by atoms with E-state index in [1.54, 1.807) is 0 Å². The van der Waals surface area contributed by atoms with Gasteiger partial charge in [0.1, 0.15) is 0 Å². The Morgan fingerprint density at radius 3 is 2.71 bits per heavy atom. The van der Waals surface area contributed by atoms with Gasteiger partial charge in [-0.15, -0.1) is 0 Å². The van der Waals surface area contributed by atoms with E-state index in [2.05, 4.69) is 18.7 Å². The lowest BCUT2D eigenvalue weighted by molar-refractivity contribution is -0.0681. The van der Waals surface area contributed by atoms with Gasteiger partial charge in [-0.1, -0.05) is 26.2 Å². The van der Waals surface area contributed by atoms with Crippen molar-refractivity contribution in [1.82, 2.24) is 4.90 Å². The molecule has 0 bridgehead atoms. The largest absolute Gasteiger partial charge is 0.378 e. The van der Waals surface area contributed by atoms with Crippen LogP contribution in [0.5, 0.6) is 0 Å². The van der Waals surface area contributed by atoms with Crippen LogP contribution in [0.25, 0.3) is 0 Å². The molecule has 1 aliphatic carbocycles. The lowest BCUT2D eigenvalue weighted by Gasteiger charge is -2.49. The second-order valence-corrected chi connectivity index (χ2v) is 6.03. The molecule has 0 aromatic heterocycles. The Morgan fingerprint density at radius 1 is 1.41 bits per heavy atom. The van der Waals surface area contributed by atoms with Gasteiger partial charge in [0.25, 0.3) is 0 Å². The van der Waals surface area contributed by atoms with Gasteiger partial charge in [0.2, 0.25) is 0 Å². The average molecular weight is 240 g/mol. The molecule has 0 spiro atoms. The number of nitrogens with two attached hydrogens (primary N) is 1. The van der Waals surface area contributed by atoms with Gasteiger partial charge < -0.3 is 10.5 Å². The van der Waals surface area contributed by atoms with Crippen LogP contribution < -0.4 is 5.73 Å². The van der Waals surface area contributed by atoms with Crippen molar-refractivity contribution in [2.24, 2.45) is 11.7 Å². The summed E-state index contributed by atoms with van der Waals surface area (Å²) < 4.78 is 5.61. The molecule has 0 amide bonds. The molecule has 2 rings (SSSR count). The number of rotatable bonds is 5. The SMILES string of the molecule is CCC1COCCN1C(C)(CN)CC1CCC1. The summed E-state index contributed by atoms with van der Waals surface area (Å²) in [4.78, 5) is 2.63. The second kappa shape index (κ2) is 5.68. The van der Waals surface area contributed by atoms with Gasteiger partial charge in [-0.2, -0.15) is 0 Å². The number of hydrogen-bond acceptors (Lipinski definition) is 3. The smallest absolute Gasteiger partial charge is 0.0622 e. The number of ether oxygens (including phenoxy) is 1. The zero-order valence-electron chi connectivity index (χ0n) is 11.5. The van der Waals surface area contributed by atoms with Crippen molar-refractivity contribution in [3.63, 3.8) is 0 Å². The molecule has 2 atom stereocenters. The van der Waals surface area contributed by atoms with Crippen molar-refractivity contribution < 1.29 is 4.74 Å². The number of nitrogens with zero attached hydrogens (tertiary/aromatic N) is 1. The summed E-state index contributed by atoms with van der Waals surface area (Å²) in [5.41, 5.74) is 6.29. The molecule has 0 aromatic carbocycles. The van der Waals surface area contributed by atoms with Crippen molar-refractivity contribution in [1.29, 1.82) is 0 Å². The maximum atomic E-state index is 6.10. The van der Waals surface area contributed by atoms with Gasteiger partial charge in [-0.3, -0.25) is 4.90 Å². The third-order valence-electron chi connectivity index (χ3n) is 4.79. The Hall–Kier alpha value is -0.120. The molecule has 1 aliphatic heterocycles. The maximum Gasteiger partial charge on any atom is 0.0622 e. The van der Waals surface area contributed by atoms with Crippen LogP contribution in [-0.4, -0.2) is 42.8 Å². The Morgan fingerprint density at radius 2 is 2.18 bits per heavy atom. The van der Waals surface area contributed by atoms with E-state index < -0.39 is 0 Å². The highest BCUT2D eigenvalue weighted by atomic mass is 16.5. The minimum Gasteiger partial charge on any atom is -0.378 e. The van der Waals surface area contributed by atoms with Crippen molar-refractivity contribution in [2.75, 3.05) is 26.3 Å². The Balaban J connectivity index is 2.02. The Bertz CT molecular complexity index is 242. The second-order valence-electron chi connectivity index (χ2n) is 6.03. The molecule has 17 heavy (non-hydrogen) atoms. The summed E-state index contributed by atoms with van der Waals surface area (Å²) in [5.74, 6) is 0.920. The molecule has 2 unspecified atom stereocenters. The molecule has 3 nitrogen and oxygen atoms in total. The van der Waals surface area contributed by atoms with Crippen molar-refractivity contribution in [3.05, 3.63) is 0 Å². The molecule has 3 heteroatoms. The molecule has 1 saturated heterocycles. The van der Waals surface area contributed by atoms with Crippen molar-refractivity contribution >= 4 is 0 Å². The summed E-state index contributed by atoms with van der Waals surface area (Å²) in [7, 11) is 0. The molecular weight excluding hydrogens is 212 g/mol. The first-order valence-electron chi connectivity index (χ1n) is 7.24. The summed E-state index contributed by atoms with van der Waals surface area (Å²) in [6.45, 7) is 8.21. The quantitative estimate of drug-likeness (QED) is 0.799. The van der Waals surface area contributed by atoms with Crippen LogP contribution in [-0.2, 0) is 4.74 Å². The number of hydrogen-bond donors (Lipinski definition) is 1. The van der Waals surface area contributed by atoms with Crippen LogP contribution in [0.3, 0.4) is 0 Å². The van der Waals surface area contributed by atoms with E-state index in [0.717, 1.165) is 32.2 Å². The fourth-order valence-electron chi connectivity index (χ4n) is 3.34. The van der Waals surface area contributed by atoms with Crippen LogP contribution in [0, 0.1) is 5.92 Å². The normalized spacial score (nSPS) is 30.9. The molecule has 2 aliphatic rings. The topological polar surface area (TPSA) is 38.5 Å². The Kier molecular flexibility index (Phi) is 4.45. The van der Waals surface area contributed by atoms with Gasteiger partial charge in [0.05, 0.1) is 13.2 Å². The van der Waals surface area contributed by atoms with Crippen LogP contribution >= 0.6 is 0 Å². The van der Waals surface area contributed by atoms with Gasteiger partial charge in [0, 0.05) is 24.7 Å². The lowest BCUT2D eigenvalue weighted by Crippen LogP contribution is -2.60. The molecule has 1 saturated carbocycles. The van der Waals surface area contributed by atoms with Gasteiger partial charge in [-0.25, -0.2) is 0 Å². The first-order chi connectivity index (χ1) is 8.19. The highest BCUT2D eigenvalue weighted by Gasteiger charge is 2.39. The molecule has 2 N–H and O–H groups in total. The summed E-state index contributed by atoms with van der Waals surface area (Å²) >= 11 is 0. The number of morpholine rings is 1. The first-order valence-corrected chi connectivity index (χ1v) is 7.24. The molecule has 2 fully saturated rings.